The van der Waals surface area contributed by atoms with E-state index in [0.717, 1.165) is 6.42 Å². The molecule has 3 unspecified atom stereocenters. The van der Waals surface area contributed by atoms with Crippen molar-refractivity contribution in [1.82, 2.24) is 5.32 Å². The summed E-state index contributed by atoms with van der Waals surface area (Å²) in [6, 6.07) is 0. The van der Waals surface area contributed by atoms with E-state index in [1.807, 2.05) is 18.4 Å². The van der Waals surface area contributed by atoms with E-state index in [2.05, 4.69) is 5.32 Å². The van der Waals surface area contributed by atoms with Gasteiger partial charge in [0.1, 0.15) is 0 Å². The summed E-state index contributed by atoms with van der Waals surface area (Å²) in [6.07, 6.45) is 6.73. The van der Waals surface area contributed by atoms with E-state index in [4.69, 9.17) is 0 Å². The lowest BCUT2D eigenvalue weighted by molar-refractivity contribution is -0.125. The molecule has 0 radical (unpaired) electrons. The molecule has 70 valence electrons. The zero-order valence-corrected chi connectivity index (χ0v) is 8.14. The quantitative estimate of drug-likeness (QED) is 0.493. The number of amides is 2. The van der Waals surface area contributed by atoms with E-state index in [1.165, 1.54) is 0 Å². The third kappa shape index (κ3) is 1.29. The Hall–Kier alpha value is -0.770. The summed E-state index contributed by atoms with van der Waals surface area (Å²) in [6.45, 7) is 0. The SMILES string of the molecule is CSC1CC=CC2C(=O)NC(=O)C12. The van der Waals surface area contributed by atoms with Gasteiger partial charge in [0, 0.05) is 5.25 Å². The molecular weight excluding hydrogens is 186 g/mol. The topological polar surface area (TPSA) is 46.2 Å². The Kier molecular flexibility index (Phi) is 2.15. The zero-order chi connectivity index (χ0) is 9.42. The monoisotopic (exact) mass is 197 g/mol. The molecule has 2 aliphatic rings. The molecule has 0 aromatic rings. The number of carbonyl (C=O) groups excluding carboxylic acids is 2. The molecule has 2 rings (SSSR count). The van der Waals surface area contributed by atoms with Crippen molar-refractivity contribution in [3.8, 4) is 0 Å². The highest BCUT2D eigenvalue weighted by Crippen LogP contribution is 2.35. The van der Waals surface area contributed by atoms with E-state index in [1.54, 1.807) is 11.8 Å². The van der Waals surface area contributed by atoms with Gasteiger partial charge in [-0.1, -0.05) is 12.2 Å². The van der Waals surface area contributed by atoms with E-state index in [-0.39, 0.29) is 28.9 Å². The van der Waals surface area contributed by atoms with E-state index in [9.17, 15) is 9.59 Å². The van der Waals surface area contributed by atoms with Crippen LogP contribution in [0.4, 0.5) is 0 Å². The maximum atomic E-state index is 11.4. The van der Waals surface area contributed by atoms with Crippen LogP contribution in [0.1, 0.15) is 6.42 Å². The third-order valence-corrected chi connectivity index (χ3v) is 3.75. The second-order valence-corrected chi connectivity index (χ2v) is 4.42. The fourth-order valence-corrected chi connectivity index (χ4v) is 2.86. The highest BCUT2D eigenvalue weighted by Gasteiger charge is 2.45. The van der Waals surface area contributed by atoms with Crippen LogP contribution >= 0.6 is 11.8 Å². The minimum Gasteiger partial charge on any atom is -0.296 e. The second-order valence-electron chi connectivity index (χ2n) is 3.34. The first-order chi connectivity index (χ1) is 6.24. The number of imide groups is 1. The zero-order valence-electron chi connectivity index (χ0n) is 7.32. The van der Waals surface area contributed by atoms with Crippen molar-refractivity contribution in [2.75, 3.05) is 6.26 Å². The largest absolute Gasteiger partial charge is 0.296 e. The van der Waals surface area contributed by atoms with Gasteiger partial charge in [0.05, 0.1) is 11.8 Å². The summed E-state index contributed by atoms with van der Waals surface area (Å²) in [5, 5.41) is 2.65. The highest BCUT2D eigenvalue weighted by atomic mass is 32.2. The van der Waals surface area contributed by atoms with Crippen LogP contribution in [0.25, 0.3) is 0 Å². The number of rotatable bonds is 1. The second kappa shape index (κ2) is 3.18. The first-order valence-electron chi connectivity index (χ1n) is 4.28. The number of hydrogen-bond acceptors (Lipinski definition) is 3. The first-order valence-corrected chi connectivity index (χ1v) is 5.57. The summed E-state index contributed by atoms with van der Waals surface area (Å²) in [5.74, 6) is -0.574. The molecule has 13 heavy (non-hydrogen) atoms. The summed E-state index contributed by atoms with van der Waals surface area (Å²) in [7, 11) is 0. The Balaban J connectivity index is 2.30. The standard InChI is InChI=1S/C9H11NO2S/c1-13-6-4-2-3-5-7(6)9(12)10-8(5)11/h2-3,5-7H,4H2,1H3,(H,10,11,12). The van der Waals surface area contributed by atoms with Crippen molar-refractivity contribution in [3.05, 3.63) is 12.2 Å². The Morgan fingerprint density at radius 1 is 1.46 bits per heavy atom. The molecule has 3 atom stereocenters. The van der Waals surface area contributed by atoms with Gasteiger partial charge in [0.25, 0.3) is 0 Å². The van der Waals surface area contributed by atoms with Crippen LogP contribution in [0.15, 0.2) is 12.2 Å². The molecule has 1 saturated heterocycles. The van der Waals surface area contributed by atoms with E-state index >= 15 is 0 Å². The Morgan fingerprint density at radius 2 is 2.23 bits per heavy atom. The molecule has 1 heterocycles. The van der Waals surface area contributed by atoms with Crippen LogP contribution in [-0.2, 0) is 9.59 Å². The van der Waals surface area contributed by atoms with Gasteiger partial charge in [-0.15, -0.1) is 0 Å². The number of carbonyl (C=O) groups is 2. The number of hydrogen-bond donors (Lipinski definition) is 1. The Bertz CT molecular complexity index is 287. The van der Waals surface area contributed by atoms with Crippen molar-refractivity contribution in [2.45, 2.75) is 11.7 Å². The molecule has 3 nitrogen and oxygen atoms in total. The molecule has 0 spiro atoms. The Labute approximate surface area is 81.0 Å². The van der Waals surface area contributed by atoms with Crippen LogP contribution in [0.2, 0.25) is 0 Å². The molecule has 4 heteroatoms. The summed E-state index contributed by atoms with van der Waals surface area (Å²) in [4.78, 5) is 22.7. The summed E-state index contributed by atoms with van der Waals surface area (Å²) in [5.41, 5.74) is 0. The van der Waals surface area contributed by atoms with Gasteiger partial charge >= 0.3 is 0 Å². The minimum absolute atomic E-state index is 0.0984. The fraction of sp³-hybridized carbons (Fsp3) is 0.556. The van der Waals surface area contributed by atoms with Crippen molar-refractivity contribution >= 4 is 23.6 Å². The molecule has 0 aromatic carbocycles. The van der Waals surface area contributed by atoms with Crippen molar-refractivity contribution in [1.29, 1.82) is 0 Å². The average molecular weight is 197 g/mol. The number of nitrogens with one attached hydrogen (secondary N) is 1. The lowest BCUT2D eigenvalue weighted by Crippen LogP contribution is -2.30. The molecule has 0 bridgehead atoms. The third-order valence-electron chi connectivity index (χ3n) is 2.65. The maximum Gasteiger partial charge on any atom is 0.234 e. The molecule has 0 saturated carbocycles. The first kappa shape index (κ1) is 8.81. The van der Waals surface area contributed by atoms with Crippen LogP contribution in [0.3, 0.4) is 0 Å². The fourth-order valence-electron chi connectivity index (χ4n) is 1.97. The van der Waals surface area contributed by atoms with Gasteiger partial charge in [-0.2, -0.15) is 11.8 Å². The summed E-state index contributed by atoms with van der Waals surface area (Å²) >= 11 is 1.66. The van der Waals surface area contributed by atoms with Crippen molar-refractivity contribution in [2.24, 2.45) is 11.8 Å². The van der Waals surface area contributed by atoms with Gasteiger partial charge in [0.2, 0.25) is 11.8 Å². The predicted molar refractivity (Wildman–Crippen MR) is 51.2 cm³/mol. The highest BCUT2D eigenvalue weighted by molar-refractivity contribution is 7.99. The Morgan fingerprint density at radius 3 is 2.92 bits per heavy atom. The molecule has 0 aromatic heterocycles. The molecule has 1 aliphatic carbocycles. The molecular formula is C9H11NO2S. The lowest BCUT2D eigenvalue weighted by Gasteiger charge is -2.24. The average Bonchev–Trinajstić information content (AvgIpc) is 2.43. The van der Waals surface area contributed by atoms with Gasteiger partial charge < -0.3 is 0 Å². The maximum absolute atomic E-state index is 11.4. The van der Waals surface area contributed by atoms with E-state index in [0.29, 0.717) is 0 Å². The molecule has 1 fully saturated rings. The smallest absolute Gasteiger partial charge is 0.234 e. The number of allylic oxidation sites excluding steroid dienone is 1. The van der Waals surface area contributed by atoms with Gasteiger partial charge in [0.15, 0.2) is 0 Å². The molecule has 1 N–H and O–H groups in total. The van der Waals surface area contributed by atoms with Gasteiger partial charge in [-0.3, -0.25) is 14.9 Å². The van der Waals surface area contributed by atoms with Crippen LogP contribution in [0, 0.1) is 11.8 Å². The van der Waals surface area contributed by atoms with Crippen molar-refractivity contribution < 1.29 is 9.59 Å². The molecule has 2 amide bonds. The number of thioether (sulfide) groups is 1. The van der Waals surface area contributed by atoms with Crippen molar-refractivity contribution in [3.63, 3.8) is 0 Å². The van der Waals surface area contributed by atoms with Gasteiger partial charge in [-0.05, 0) is 12.7 Å². The minimum atomic E-state index is -0.210. The summed E-state index contributed by atoms with van der Waals surface area (Å²) < 4.78 is 0. The molecule has 1 aliphatic heterocycles. The van der Waals surface area contributed by atoms with E-state index < -0.39 is 0 Å². The van der Waals surface area contributed by atoms with Crippen LogP contribution in [0.5, 0.6) is 0 Å². The predicted octanol–water partition coefficient (Wildman–Crippen LogP) is 0.567. The van der Waals surface area contributed by atoms with Gasteiger partial charge in [-0.25, -0.2) is 0 Å². The lowest BCUT2D eigenvalue weighted by atomic mass is 9.85. The van der Waals surface area contributed by atoms with Crippen LogP contribution < -0.4 is 5.32 Å². The van der Waals surface area contributed by atoms with Crippen LogP contribution in [-0.4, -0.2) is 23.3 Å². The number of fused-ring (bicyclic) bond motifs is 1. The normalized spacial score (nSPS) is 37.5.